The van der Waals surface area contributed by atoms with E-state index in [2.05, 4.69) is 0 Å². The summed E-state index contributed by atoms with van der Waals surface area (Å²) in [4.78, 5) is 23.7. The molecule has 0 amide bonds. The van der Waals surface area contributed by atoms with Crippen molar-refractivity contribution in [2.45, 2.75) is 28.4 Å². The first-order valence-electron chi connectivity index (χ1n) is 9.46. The number of rotatable bonds is 8. The van der Waals surface area contributed by atoms with Gasteiger partial charge in [0.1, 0.15) is 0 Å². The molecule has 2 aromatic rings. The van der Waals surface area contributed by atoms with Gasteiger partial charge in [-0.15, -0.1) is 0 Å². The number of hydrogen-bond donors (Lipinski definition) is 0. The Balaban J connectivity index is 1.61. The number of Topliss-reactive ketones (excluding diaryl/α,β-unsaturated/α-hetero) is 1. The maximum atomic E-state index is 12.5. The monoisotopic (exact) mass is 487 g/mol. The highest BCUT2D eigenvalue weighted by Gasteiger charge is 2.28. The van der Waals surface area contributed by atoms with Crippen molar-refractivity contribution in [3.8, 4) is 0 Å². The average Bonchev–Trinajstić information content (AvgIpc) is 3.33. The highest BCUT2D eigenvalue weighted by molar-refractivity contribution is 7.91. The zero-order chi connectivity index (χ0) is 23.5. The first-order chi connectivity index (χ1) is 15.0. The Labute approximate surface area is 183 Å². The number of ketones is 1. The summed E-state index contributed by atoms with van der Waals surface area (Å²) >= 11 is 0. The Morgan fingerprint density at radius 2 is 1.34 bits per heavy atom. The first-order valence-corrected chi connectivity index (χ1v) is 12.4. The van der Waals surface area contributed by atoms with Gasteiger partial charge in [0, 0.05) is 18.7 Å². The second-order valence-corrected chi connectivity index (χ2v) is 10.8. The maximum Gasteiger partial charge on any atom is 0.341 e. The van der Waals surface area contributed by atoms with Crippen LogP contribution in [0.2, 0.25) is 0 Å². The van der Waals surface area contributed by atoms with Crippen LogP contribution in [0, 0.1) is 0 Å². The van der Waals surface area contributed by atoms with E-state index in [1.54, 1.807) is 0 Å². The van der Waals surface area contributed by atoms with Gasteiger partial charge in [-0.3, -0.25) is 4.79 Å². The number of benzene rings is 2. The molecule has 0 saturated carbocycles. The van der Waals surface area contributed by atoms with Crippen LogP contribution < -0.4 is 0 Å². The van der Waals surface area contributed by atoms with Gasteiger partial charge in [-0.2, -0.15) is 13.1 Å². The Hall–Kier alpha value is -2.70. The summed E-state index contributed by atoms with van der Waals surface area (Å²) in [5, 5.41) is 0. The second kappa shape index (κ2) is 9.43. The van der Waals surface area contributed by atoms with E-state index in [-0.39, 0.29) is 16.0 Å². The van der Waals surface area contributed by atoms with Gasteiger partial charge in [0.05, 0.1) is 15.4 Å². The van der Waals surface area contributed by atoms with Crippen LogP contribution in [0.25, 0.3) is 0 Å². The SMILES string of the molecule is O=C(COC(=O)c1ccc(S(=O)(=O)C(F)F)cc1)c1ccc(S(=O)(=O)N2CCCC2)cc1. The van der Waals surface area contributed by atoms with E-state index >= 15 is 0 Å². The molecule has 0 radical (unpaired) electrons. The van der Waals surface area contributed by atoms with E-state index < -0.39 is 48.9 Å². The van der Waals surface area contributed by atoms with Crippen molar-refractivity contribution in [3.63, 3.8) is 0 Å². The number of sulfonamides is 1. The molecule has 0 N–H and O–H groups in total. The van der Waals surface area contributed by atoms with Gasteiger partial charge < -0.3 is 4.74 Å². The molecular formula is C20H19F2NO7S2. The lowest BCUT2D eigenvalue weighted by atomic mass is 10.1. The number of carbonyl (C=O) groups is 2. The minimum Gasteiger partial charge on any atom is -0.454 e. The summed E-state index contributed by atoms with van der Waals surface area (Å²) in [6, 6.07) is 8.96. The fourth-order valence-corrected chi connectivity index (χ4v) is 5.31. The molecule has 2 aromatic carbocycles. The fraction of sp³-hybridized carbons (Fsp3) is 0.300. The number of carbonyl (C=O) groups excluding carboxylic acids is 2. The Bertz CT molecular complexity index is 1200. The second-order valence-electron chi connectivity index (χ2n) is 6.96. The van der Waals surface area contributed by atoms with Gasteiger partial charge >= 0.3 is 11.7 Å². The lowest BCUT2D eigenvalue weighted by Gasteiger charge is -2.15. The van der Waals surface area contributed by atoms with Gasteiger partial charge in [-0.25, -0.2) is 21.6 Å². The molecule has 0 aliphatic carbocycles. The number of halogens is 2. The van der Waals surface area contributed by atoms with E-state index in [1.807, 2.05) is 0 Å². The maximum absolute atomic E-state index is 12.5. The highest BCUT2D eigenvalue weighted by atomic mass is 32.2. The molecule has 1 saturated heterocycles. The predicted octanol–water partition coefficient (Wildman–Crippen LogP) is 2.51. The molecule has 1 fully saturated rings. The average molecular weight is 488 g/mol. The lowest BCUT2D eigenvalue weighted by molar-refractivity contribution is 0.0474. The number of alkyl halides is 2. The molecule has 32 heavy (non-hydrogen) atoms. The first kappa shape index (κ1) is 24.0. The van der Waals surface area contributed by atoms with Crippen LogP contribution in [0.1, 0.15) is 33.6 Å². The van der Waals surface area contributed by atoms with E-state index in [0.717, 1.165) is 37.1 Å². The van der Waals surface area contributed by atoms with E-state index in [9.17, 15) is 35.2 Å². The summed E-state index contributed by atoms with van der Waals surface area (Å²) in [5.41, 5.74) is 0.00891. The van der Waals surface area contributed by atoms with Crippen molar-refractivity contribution in [3.05, 3.63) is 59.7 Å². The molecule has 0 bridgehead atoms. The summed E-state index contributed by atoms with van der Waals surface area (Å²) in [6.45, 7) is 0.260. The zero-order valence-corrected chi connectivity index (χ0v) is 18.2. The van der Waals surface area contributed by atoms with Crippen LogP contribution in [-0.4, -0.2) is 58.3 Å². The van der Waals surface area contributed by atoms with Crippen LogP contribution in [0.3, 0.4) is 0 Å². The van der Waals surface area contributed by atoms with Crippen molar-refractivity contribution in [2.75, 3.05) is 19.7 Å². The third kappa shape index (κ3) is 5.03. The van der Waals surface area contributed by atoms with Gasteiger partial charge in [0.25, 0.3) is 0 Å². The molecule has 1 aliphatic rings. The topological polar surface area (TPSA) is 115 Å². The molecule has 0 atom stereocenters. The molecule has 172 valence electrons. The van der Waals surface area contributed by atoms with Gasteiger partial charge in [-0.1, -0.05) is 0 Å². The lowest BCUT2D eigenvalue weighted by Crippen LogP contribution is -2.27. The van der Waals surface area contributed by atoms with E-state index in [1.165, 1.54) is 28.6 Å². The summed E-state index contributed by atoms with van der Waals surface area (Å²) in [5.74, 6) is -5.12. The van der Waals surface area contributed by atoms with Crippen molar-refractivity contribution >= 4 is 31.6 Å². The molecule has 1 aliphatic heterocycles. The Morgan fingerprint density at radius 1 is 0.844 bits per heavy atom. The smallest absolute Gasteiger partial charge is 0.341 e. The van der Waals surface area contributed by atoms with Crippen molar-refractivity contribution < 1.29 is 39.9 Å². The van der Waals surface area contributed by atoms with E-state index in [0.29, 0.717) is 13.1 Å². The predicted molar refractivity (Wildman–Crippen MR) is 109 cm³/mol. The van der Waals surface area contributed by atoms with Crippen LogP contribution in [0.15, 0.2) is 58.3 Å². The molecular weight excluding hydrogens is 468 g/mol. The van der Waals surface area contributed by atoms with Crippen LogP contribution in [-0.2, 0) is 24.6 Å². The molecule has 0 aromatic heterocycles. The highest BCUT2D eigenvalue weighted by Crippen LogP contribution is 2.22. The molecule has 3 rings (SSSR count). The quantitative estimate of drug-likeness (QED) is 0.415. The molecule has 0 unspecified atom stereocenters. The minimum absolute atomic E-state index is 0.0618. The van der Waals surface area contributed by atoms with Gasteiger partial charge in [0.15, 0.2) is 12.4 Å². The van der Waals surface area contributed by atoms with Crippen molar-refractivity contribution in [1.29, 1.82) is 0 Å². The largest absolute Gasteiger partial charge is 0.454 e. The van der Waals surface area contributed by atoms with Gasteiger partial charge in [0.2, 0.25) is 19.9 Å². The normalized spacial score (nSPS) is 15.1. The number of ether oxygens (including phenoxy) is 1. The third-order valence-corrected chi connectivity index (χ3v) is 8.18. The standard InChI is InChI=1S/C20H19F2NO7S2/c21-20(22)31(26,27)16-7-5-15(6-8-16)19(25)30-13-18(24)14-3-9-17(10-4-14)32(28,29)23-11-1-2-12-23/h3-10,20H,1-2,11-13H2. The van der Waals surface area contributed by atoms with E-state index in [4.69, 9.17) is 4.74 Å². The van der Waals surface area contributed by atoms with Crippen molar-refractivity contribution in [1.82, 2.24) is 4.31 Å². The summed E-state index contributed by atoms with van der Waals surface area (Å²) < 4.78 is 79.1. The summed E-state index contributed by atoms with van der Waals surface area (Å²) in [7, 11) is -8.40. The number of esters is 1. The van der Waals surface area contributed by atoms with Crippen LogP contribution >= 0.6 is 0 Å². The zero-order valence-electron chi connectivity index (χ0n) is 16.6. The molecule has 1 heterocycles. The Kier molecular flexibility index (Phi) is 7.06. The number of hydrogen-bond acceptors (Lipinski definition) is 7. The molecule has 0 spiro atoms. The Morgan fingerprint density at radius 3 is 1.88 bits per heavy atom. The molecule has 12 heteroatoms. The molecule has 8 nitrogen and oxygen atoms in total. The number of nitrogens with zero attached hydrogens (tertiary/aromatic N) is 1. The fourth-order valence-electron chi connectivity index (χ4n) is 3.07. The van der Waals surface area contributed by atoms with Crippen LogP contribution in [0.4, 0.5) is 8.78 Å². The summed E-state index contributed by atoms with van der Waals surface area (Å²) in [6.07, 6.45) is 1.60. The van der Waals surface area contributed by atoms with Crippen molar-refractivity contribution in [2.24, 2.45) is 0 Å². The third-order valence-electron chi connectivity index (χ3n) is 4.87. The number of sulfone groups is 1. The minimum atomic E-state index is -4.79. The van der Waals surface area contributed by atoms with Gasteiger partial charge in [-0.05, 0) is 61.4 Å². The van der Waals surface area contributed by atoms with Crippen LogP contribution in [0.5, 0.6) is 0 Å².